The van der Waals surface area contributed by atoms with Gasteiger partial charge in [-0.2, -0.15) is 9.19 Å². The fraction of sp³-hybridized carbons (Fsp3) is 0.278. The first-order valence-electron chi connectivity index (χ1n) is 8.46. The molecule has 1 unspecified atom stereocenters. The normalized spacial score (nSPS) is 17.3. The van der Waals surface area contributed by atoms with E-state index in [-0.39, 0.29) is 11.9 Å². The molecule has 0 aliphatic carbocycles. The predicted octanol–water partition coefficient (Wildman–Crippen LogP) is 2.35. The zero-order chi connectivity index (χ0) is 17.9. The average molecular weight is 352 g/mol. The first kappa shape index (κ1) is 16.3. The molecular weight excluding hydrogens is 335 g/mol. The van der Waals surface area contributed by atoms with Crippen LogP contribution in [-0.4, -0.2) is 49.1 Å². The van der Waals surface area contributed by atoms with Crippen LogP contribution in [0.1, 0.15) is 29.2 Å². The maximum absolute atomic E-state index is 13.0. The average Bonchev–Trinajstić information content (AvgIpc) is 3.19. The van der Waals surface area contributed by atoms with Crippen molar-refractivity contribution in [3.63, 3.8) is 0 Å². The van der Waals surface area contributed by atoms with E-state index in [0.717, 1.165) is 18.4 Å². The summed E-state index contributed by atoms with van der Waals surface area (Å²) in [5, 5.41) is 12.8. The molecule has 0 spiro atoms. The second-order valence-corrected chi connectivity index (χ2v) is 6.22. The van der Waals surface area contributed by atoms with Crippen molar-refractivity contribution in [1.82, 2.24) is 30.1 Å². The van der Waals surface area contributed by atoms with Gasteiger partial charge in [0.2, 0.25) is 11.8 Å². The molecule has 26 heavy (non-hydrogen) atoms. The fourth-order valence-corrected chi connectivity index (χ4v) is 3.10. The Kier molecular flexibility index (Phi) is 4.39. The lowest BCUT2D eigenvalue weighted by atomic mass is 10.1. The van der Waals surface area contributed by atoms with Gasteiger partial charge in [-0.05, 0) is 30.2 Å². The fourth-order valence-electron chi connectivity index (χ4n) is 3.10. The maximum Gasteiger partial charge on any atom is 0.255 e. The third-order valence-electron chi connectivity index (χ3n) is 4.44. The highest BCUT2D eigenvalue weighted by atomic mass is 19.1. The van der Waals surface area contributed by atoms with Gasteiger partial charge < -0.3 is 4.90 Å². The van der Waals surface area contributed by atoms with Crippen molar-refractivity contribution in [3.8, 4) is 11.4 Å². The van der Waals surface area contributed by atoms with Gasteiger partial charge in [-0.1, -0.05) is 30.3 Å². The molecule has 1 aromatic carbocycles. The van der Waals surface area contributed by atoms with Gasteiger partial charge >= 0.3 is 0 Å². The molecule has 1 atom stereocenters. The number of rotatable bonds is 3. The molecule has 132 valence electrons. The number of tetrazole rings is 1. The number of likely N-dealkylation sites (tertiary alicyclic amines) is 1. The van der Waals surface area contributed by atoms with Crippen molar-refractivity contribution >= 4 is 5.91 Å². The Bertz CT molecular complexity index is 896. The minimum Gasteiger partial charge on any atom is -0.336 e. The van der Waals surface area contributed by atoms with E-state index in [1.165, 1.54) is 18.3 Å². The minimum absolute atomic E-state index is 0.0360. The molecule has 8 heteroatoms. The van der Waals surface area contributed by atoms with E-state index in [1.807, 2.05) is 30.3 Å². The molecular formula is C18H17FN6O. The molecule has 1 amide bonds. The third-order valence-corrected chi connectivity index (χ3v) is 4.44. The van der Waals surface area contributed by atoms with E-state index in [1.54, 1.807) is 9.70 Å². The molecule has 1 saturated heterocycles. The highest BCUT2D eigenvalue weighted by molar-refractivity contribution is 5.93. The van der Waals surface area contributed by atoms with Crippen molar-refractivity contribution in [3.05, 3.63) is 60.2 Å². The van der Waals surface area contributed by atoms with Crippen molar-refractivity contribution in [2.45, 2.75) is 18.9 Å². The zero-order valence-electron chi connectivity index (χ0n) is 14.0. The van der Waals surface area contributed by atoms with E-state index >= 15 is 0 Å². The molecule has 1 aliphatic heterocycles. The lowest BCUT2D eigenvalue weighted by Gasteiger charge is -2.31. The lowest BCUT2D eigenvalue weighted by molar-refractivity contribution is 0.0662. The lowest BCUT2D eigenvalue weighted by Crippen LogP contribution is -2.41. The van der Waals surface area contributed by atoms with Gasteiger partial charge in [0.15, 0.2) is 0 Å². The molecule has 3 aromatic rings. The van der Waals surface area contributed by atoms with Crippen LogP contribution in [-0.2, 0) is 0 Å². The van der Waals surface area contributed by atoms with Gasteiger partial charge in [0.1, 0.15) is 0 Å². The summed E-state index contributed by atoms with van der Waals surface area (Å²) in [5.41, 5.74) is 1.28. The molecule has 3 heterocycles. The van der Waals surface area contributed by atoms with Gasteiger partial charge in [-0.3, -0.25) is 4.79 Å². The Hall–Kier alpha value is -3.16. The van der Waals surface area contributed by atoms with Crippen LogP contribution in [0.3, 0.4) is 0 Å². The second-order valence-electron chi connectivity index (χ2n) is 6.22. The number of piperidine rings is 1. The number of amides is 1. The van der Waals surface area contributed by atoms with Crippen LogP contribution in [0.25, 0.3) is 11.4 Å². The Morgan fingerprint density at radius 1 is 1.15 bits per heavy atom. The molecule has 0 saturated carbocycles. The van der Waals surface area contributed by atoms with Crippen molar-refractivity contribution < 1.29 is 9.18 Å². The van der Waals surface area contributed by atoms with Crippen LogP contribution in [0.2, 0.25) is 0 Å². The number of pyridine rings is 1. The summed E-state index contributed by atoms with van der Waals surface area (Å²) in [6, 6.07) is 12.3. The van der Waals surface area contributed by atoms with Crippen LogP contribution >= 0.6 is 0 Å². The summed E-state index contributed by atoms with van der Waals surface area (Å²) >= 11 is 0. The molecule has 4 rings (SSSR count). The number of halogens is 1. The second kappa shape index (κ2) is 6.99. The maximum atomic E-state index is 13.0. The van der Waals surface area contributed by atoms with E-state index in [9.17, 15) is 9.18 Å². The Morgan fingerprint density at radius 3 is 2.77 bits per heavy atom. The number of hydrogen-bond acceptors (Lipinski definition) is 5. The number of carbonyl (C=O) groups excluding carboxylic acids is 1. The first-order valence-corrected chi connectivity index (χ1v) is 8.46. The summed E-state index contributed by atoms with van der Waals surface area (Å²) in [4.78, 5) is 19.5. The quantitative estimate of drug-likeness (QED) is 0.676. The standard InChI is InChI=1S/C18H17FN6O/c19-16-9-8-14(11-20-16)18(26)24-10-4-7-15(12-24)25-22-17(21-23-25)13-5-2-1-3-6-13/h1-3,5-6,8-9,11,15H,4,7,10,12H2. The van der Waals surface area contributed by atoms with E-state index in [0.29, 0.717) is 24.5 Å². The van der Waals surface area contributed by atoms with E-state index in [2.05, 4.69) is 20.4 Å². The van der Waals surface area contributed by atoms with Gasteiger partial charge in [0.25, 0.3) is 5.91 Å². The van der Waals surface area contributed by atoms with E-state index in [4.69, 9.17) is 0 Å². The van der Waals surface area contributed by atoms with Crippen LogP contribution in [0.4, 0.5) is 4.39 Å². The van der Waals surface area contributed by atoms with E-state index < -0.39 is 5.95 Å². The summed E-state index contributed by atoms with van der Waals surface area (Å²) in [6.07, 6.45) is 2.98. The molecule has 0 radical (unpaired) electrons. The summed E-state index contributed by atoms with van der Waals surface area (Å²) < 4.78 is 13.0. The summed E-state index contributed by atoms with van der Waals surface area (Å²) in [6.45, 7) is 1.13. The minimum atomic E-state index is -0.599. The van der Waals surface area contributed by atoms with Crippen molar-refractivity contribution in [2.75, 3.05) is 13.1 Å². The van der Waals surface area contributed by atoms with Crippen molar-refractivity contribution in [1.29, 1.82) is 0 Å². The Morgan fingerprint density at radius 2 is 2.00 bits per heavy atom. The molecule has 1 fully saturated rings. The van der Waals surface area contributed by atoms with Gasteiger partial charge in [0.05, 0.1) is 11.6 Å². The summed E-state index contributed by atoms with van der Waals surface area (Å²) in [7, 11) is 0. The highest BCUT2D eigenvalue weighted by Gasteiger charge is 2.27. The monoisotopic (exact) mass is 352 g/mol. The Labute approximate surface area is 149 Å². The number of hydrogen-bond donors (Lipinski definition) is 0. The molecule has 7 nitrogen and oxygen atoms in total. The zero-order valence-corrected chi connectivity index (χ0v) is 14.0. The predicted molar refractivity (Wildman–Crippen MR) is 91.6 cm³/mol. The third kappa shape index (κ3) is 3.30. The van der Waals surface area contributed by atoms with Crippen LogP contribution < -0.4 is 0 Å². The van der Waals surface area contributed by atoms with Gasteiger partial charge in [-0.25, -0.2) is 4.98 Å². The summed E-state index contributed by atoms with van der Waals surface area (Å²) in [5.74, 6) is -0.194. The largest absolute Gasteiger partial charge is 0.336 e. The molecule has 0 N–H and O–H groups in total. The molecule has 0 bridgehead atoms. The van der Waals surface area contributed by atoms with Crippen LogP contribution in [0.5, 0.6) is 0 Å². The van der Waals surface area contributed by atoms with Gasteiger partial charge in [0, 0.05) is 24.8 Å². The first-order chi connectivity index (χ1) is 12.7. The number of benzene rings is 1. The molecule has 1 aliphatic rings. The van der Waals surface area contributed by atoms with Crippen molar-refractivity contribution in [2.24, 2.45) is 0 Å². The van der Waals surface area contributed by atoms with Crippen LogP contribution in [0.15, 0.2) is 48.7 Å². The number of aromatic nitrogens is 5. The highest BCUT2D eigenvalue weighted by Crippen LogP contribution is 2.22. The number of nitrogens with zero attached hydrogens (tertiary/aromatic N) is 6. The number of carbonyl (C=O) groups is 1. The van der Waals surface area contributed by atoms with Gasteiger partial charge in [-0.15, -0.1) is 10.2 Å². The SMILES string of the molecule is O=C(c1ccc(F)nc1)N1CCCC(n2nnc(-c3ccccc3)n2)C1. The topological polar surface area (TPSA) is 76.8 Å². The smallest absolute Gasteiger partial charge is 0.255 e. The van der Waals surface area contributed by atoms with Crippen LogP contribution in [0, 0.1) is 5.95 Å². The molecule has 2 aromatic heterocycles. The Balaban J connectivity index is 1.49.